The van der Waals surface area contributed by atoms with Crippen molar-refractivity contribution in [3.63, 3.8) is 0 Å². The van der Waals surface area contributed by atoms with Gasteiger partial charge in [-0.25, -0.2) is 4.57 Å². The Morgan fingerprint density at radius 1 is 1.00 bits per heavy atom. The fourth-order valence-corrected chi connectivity index (χ4v) is 3.27. The number of para-hydroxylation sites is 2. The van der Waals surface area contributed by atoms with Crippen molar-refractivity contribution >= 4 is 11.0 Å². The molecule has 0 atom stereocenters. The van der Waals surface area contributed by atoms with Crippen molar-refractivity contribution in [2.75, 3.05) is 0 Å². The van der Waals surface area contributed by atoms with Gasteiger partial charge in [0.2, 0.25) is 0 Å². The number of nitrogens with zero attached hydrogens (tertiary/aromatic N) is 2. The number of rotatable bonds is 1. The van der Waals surface area contributed by atoms with Crippen LogP contribution in [0.2, 0.25) is 0 Å². The molecule has 2 aromatic carbocycles. The summed E-state index contributed by atoms with van der Waals surface area (Å²) in [6.45, 7) is 8.36. The molecule has 0 bridgehead atoms. The first-order chi connectivity index (χ1) is 11.5. The van der Waals surface area contributed by atoms with E-state index in [2.05, 4.69) is 50.5 Å². The fourth-order valence-electron chi connectivity index (χ4n) is 3.27. The first-order valence-corrected chi connectivity index (χ1v) is 7.66. The molecule has 0 N–H and O–H groups in total. The van der Waals surface area contributed by atoms with Gasteiger partial charge in [-0.3, -0.25) is 0 Å². The molecule has 3 aromatic rings. The van der Waals surface area contributed by atoms with Gasteiger partial charge in [-0.2, -0.15) is 4.57 Å². The molecule has 0 saturated heterocycles. The number of imidazole rings is 1. The third-order valence-corrected chi connectivity index (χ3v) is 4.36. The first kappa shape index (κ1) is 11.5. The molecule has 0 aliphatic heterocycles. The highest BCUT2D eigenvalue weighted by Gasteiger charge is 2.25. The van der Waals surface area contributed by atoms with E-state index in [0.717, 1.165) is 16.7 Å². The minimum atomic E-state index is -2.22. The topological polar surface area (TPSA) is 8.81 Å². The van der Waals surface area contributed by atoms with Crippen LogP contribution in [0.15, 0.2) is 42.5 Å². The number of aromatic nitrogens is 2. The molecule has 0 fully saturated rings. The Hall–Kier alpha value is -2.09. The normalized spacial score (nSPS) is 14.7. The highest BCUT2D eigenvalue weighted by atomic mass is 15.2. The van der Waals surface area contributed by atoms with Gasteiger partial charge in [0.1, 0.15) is 5.69 Å². The minimum Gasteiger partial charge on any atom is -0.230 e. The van der Waals surface area contributed by atoms with E-state index >= 15 is 0 Å². The Balaban J connectivity index is 2.41. The third kappa shape index (κ3) is 2.14. The summed E-state index contributed by atoms with van der Waals surface area (Å²) in [5, 5.41) is 0. The molecule has 2 heteroatoms. The highest BCUT2D eigenvalue weighted by Crippen LogP contribution is 2.30. The standard InChI is InChI=1S/C20H25N2/c1-14-16(20(3,4)5)10-9-13-17(14)22-15(2)21(6)18-11-7-8-12-19(18)22/h7-13H,1-6H3/q+1/i6D3. The second-order valence-electron chi connectivity index (χ2n) is 6.91. The van der Waals surface area contributed by atoms with Crippen molar-refractivity contribution in [1.29, 1.82) is 0 Å². The molecule has 0 aliphatic rings. The fraction of sp³-hybridized carbons (Fsp3) is 0.350. The zero-order valence-electron chi connectivity index (χ0n) is 16.9. The maximum absolute atomic E-state index is 7.95. The van der Waals surface area contributed by atoms with Crippen molar-refractivity contribution in [1.82, 2.24) is 4.57 Å². The summed E-state index contributed by atoms with van der Waals surface area (Å²) in [5.74, 6) is 0.704. The van der Waals surface area contributed by atoms with Gasteiger partial charge >= 0.3 is 0 Å². The average molecular weight is 296 g/mol. The molecule has 1 aromatic heterocycles. The van der Waals surface area contributed by atoms with Crippen LogP contribution in [-0.2, 0) is 12.4 Å². The number of hydrogen-bond acceptors (Lipinski definition) is 0. The summed E-state index contributed by atoms with van der Waals surface area (Å²) in [5.41, 5.74) is 5.13. The van der Waals surface area contributed by atoms with Crippen molar-refractivity contribution in [2.24, 2.45) is 6.98 Å². The maximum Gasteiger partial charge on any atom is 0.259 e. The lowest BCUT2D eigenvalue weighted by Crippen LogP contribution is -2.30. The summed E-state index contributed by atoms with van der Waals surface area (Å²) in [6.07, 6.45) is 0. The molecule has 0 spiro atoms. The van der Waals surface area contributed by atoms with E-state index in [4.69, 9.17) is 4.11 Å². The Labute approximate surface area is 137 Å². The van der Waals surface area contributed by atoms with Crippen LogP contribution in [0.3, 0.4) is 0 Å². The summed E-state index contributed by atoms with van der Waals surface area (Å²) in [4.78, 5) is 0. The lowest BCUT2D eigenvalue weighted by atomic mass is 9.83. The molecule has 0 aliphatic carbocycles. The van der Waals surface area contributed by atoms with Gasteiger partial charge in [-0.15, -0.1) is 0 Å². The molecule has 114 valence electrons. The van der Waals surface area contributed by atoms with E-state index in [1.165, 1.54) is 15.7 Å². The van der Waals surface area contributed by atoms with Crippen molar-refractivity contribution < 1.29 is 8.68 Å². The SMILES string of the molecule is [2H]C([2H])([2H])[n+]1c(C)n(-c2cccc(C(C)(C)C)c2C)c2ccccc21. The largest absolute Gasteiger partial charge is 0.259 e. The predicted molar refractivity (Wildman–Crippen MR) is 92.6 cm³/mol. The van der Waals surface area contributed by atoms with Gasteiger partial charge in [-0.05, 0) is 41.7 Å². The lowest BCUT2D eigenvalue weighted by Gasteiger charge is -2.22. The molecule has 0 amide bonds. The minimum absolute atomic E-state index is 0.0248. The summed E-state index contributed by atoms with van der Waals surface area (Å²) >= 11 is 0. The van der Waals surface area contributed by atoms with Crippen LogP contribution < -0.4 is 4.57 Å². The smallest absolute Gasteiger partial charge is 0.230 e. The number of benzene rings is 2. The summed E-state index contributed by atoms with van der Waals surface area (Å²) < 4.78 is 27.4. The van der Waals surface area contributed by atoms with E-state index in [-0.39, 0.29) is 5.41 Å². The van der Waals surface area contributed by atoms with Crippen LogP contribution in [0.5, 0.6) is 0 Å². The second kappa shape index (κ2) is 4.98. The zero-order valence-corrected chi connectivity index (χ0v) is 13.9. The van der Waals surface area contributed by atoms with E-state index in [1.54, 1.807) is 0 Å². The van der Waals surface area contributed by atoms with Crippen LogP contribution in [0.1, 0.15) is 41.8 Å². The molecule has 0 unspecified atom stereocenters. The van der Waals surface area contributed by atoms with E-state index in [1.807, 2.05) is 31.2 Å². The van der Waals surface area contributed by atoms with Gasteiger partial charge < -0.3 is 0 Å². The Bertz CT molecular complexity index is 944. The third-order valence-electron chi connectivity index (χ3n) is 4.36. The molecular formula is C20H25N2+. The quantitative estimate of drug-likeness (QED) is 0.590. The molecule has 2 nitrogen and oxygen atoms in total. The summed E-state index contributed by atoms with van der Waals surface area (Å²) in [6, 6.07) is 13.9. The highest BCUT2D eigenvalue weighted by molar-refractivity contribution is 5.75. The Morgan fingerprint density at radius 2 is 1.73 bits per heavy atom. The Kier molecular flexibility index (Phi) is 2.60. The van der Waals surface area contributed by atoms with Gasteiger partial charge in [0.15, 0.2) is 11.0 Å². The molecule has 22 heavy (non-hydrogen) atoms. The van der Waals surface area contributed by atoms with Gasteiger partial charge in [0.25, 0.3) is 5.82 Å². The Morgan fingerprint density at radius 3 is 2.41 bits per heavy atom. The van der Waals surface area contributed by atoms with Crippen molar-refractivity contribution in [3.05, 3.63) is 59.4 Å². The monoisotopic (exact) mass is 296 g/mol. The van der Waals surface area contributed by atoms with Gasteiger partial charge in [0.05, 0.1) is 11.1 Å². The van der Waals surface area contributed by atoms with E-state index in [0.29, 0.717) is 5.82 Å². The van der Waals surface area contributed by atoms with Gasteiger partial charge in [0, 0.05) is 6.92 Å². The van der Waals surface area contributed by atoms with Crippen LogP contribution in [0.25, 0.3) is 16.7 Å². The lowest BCUT2D eigenvalue weighted by molar-refractivity contribution is -0.652. The molecule has 0 radical (unpaired) electrons. The van der Waals surface area contributed by atoms with E-state index in [9.17, 15) is 0 Å². The van der Waals surface area contributed by atoms with Gasteiger partial charge in [-0.1, -0.05) is 45.0 Å². The van der Waals surface area contributed by atoms with Crippen LogP contribution in [0.4, 0.5) is 0 Å². The average Bonchev–Trinajstić information content (AvgIpc) is 2.78. The second-order valence-corrected chi connectivity index (χ2v) is 6.91. The van der Waals surface area contributed by atoms with Crippen LogP contribution >= 0.6 is 0 Å². The summed E-state index contributed by atoms with van der Waals surface area (Å²) in [7, 11) is 0. The molecular weight excluding hydrogens is 268 g/mol. The maximum atomic E-state index is 7.95. The van der Waals surface area contributed by atoms with Crippen LogP contribution in [0, 0.1) is 13.8 Å². The number of aryl methyl sites for hydroxylation is 1. The molecule has 3 rings (SSSR count). The zero-order chi connectivity index (χ0) is 18.6. The van der Waals surface area contributed by atoms with Crippen LogP contribution in [-0.4, -0.2) is 4.57 Å². The van der Waals surface area contributed by atoms with Crippen molar-refractivity contribution in [2.45, 2.75) is 40.0 Å². The van der Waals surface area contributed by atoms with Crippen molar-refractivity contribution in [3.8, 4) is 5.69 Å². The number of hydrogen-bond donors (Lipinski definition) is 0. The first-order valence-electron chi connectivity index (χ1n) is 9.16. The molecule has 0 saturated carbocycles. The van der Waals surface area contributed by atoms with E-state index < -0.39 is 6.98 Å². The predicted octanol–water partition coefficient (Wildman–Crippen LogP) is 4.37. The molecule has 1 heterocycles. The number of fused-ring (bicyclic) bond motifs is 1.